The predicted molar refractivity (Wildman–Crippen MR) is 123 cm³/mol. The fourth-order valence-corrected chi connectivity index (χ4v) is 5.15. The van der Waals surface area contributed by atoms with Crippen LogP contribution in [0.1, 0.15) is 42.6 Å². The maximum absolute atomic E-state index is 12.8. The van der Waals surface area contributed by atoms with Crippen LogP contribution in [-0.2, 0) is 6.54 Å². The van der Waals surface area contributed by atoms with E-state index in [9.17, 15) is 4.79 Å². The second-order valence-corrected chi connectivity index (χ2v) is 9.36. The van der Waals surface area contributed by atoms with Crippen molar-refractivity contribution in [1.82, 2.24) is 4.90 Å². The molecule has 2 aliphatic rings. The number of carbonyl (C=O) groups is 1. The van der Waals surface area contributed by atoms with Crippen LogP contribution in [0.4, 0.5) is 11.4 Å². The molecule has 0 unspecified atom stereocenters. The van der Waals surface area contributed by atoms with Crippen LogP contribution in [0.25, 0.3) is 0 Å². The highest BCUT2D eigenvalue weighted by Gasteiger charge is 2.19. The number of benzene rings is 2. The molecule has 2 aromatic rings. The number of nitrogens with one attached hydrogen (secondary N) is 1. The molecule has 1 saturated heterocycles. The molecule has 2 aromatic carbocycles. The van der Waals surface area contributed by atoms with E-state index in [1.165, 1.54) is 42.1 Å². The van der Waals surface area contributed by atoms with Crippen molar-refractivity contribution >= 4 is 29.0 Å². The lowest BCUT2D eigenvalue weighted by Gasteiger charge is -2.30. The van der Waals surface area contributed by atoms with Crippen LogP contribution in [0, 0.1) is 5.92 Å². The molecular formula is C24H31N3OS. The van der Waals surface area contributed by atoms with E-state index >= 15 is 0 Å². The average Bonchev–Trinajstić information content (AvgIpc) is 2.76. The highest BCUT2D eigenvalue weighted by atomic mass is 32.2. The zero-order chi connectivity index (χ0) is 20.2. The number of thioether (sulfide) groups is 1. The zero-order valence-electron chi connectivity index (χ0n) is 17.5. The Morgan fingerprint density at radius 1 is 1.10 bits per heavy atom. The Kier molecular flexibility index (Phi) is 6.46. The van der Waals surface area contributed by atoms with E-state index in [4.69, 9.17) is 0 Å². The first-order valence-electron chi connectivity index (χ1n) is 10.8. The SMILES string of the molecule is CCN1CCSc2ccc(C(=O)Nc3ccc(CN4CCC(C)CC4)cc3)cc21. The third-order valence-electron chi connectivity index (χ3n) is 6.06. The van der Waals surface area contributed by atoms with Crippen LogP contribution in [0.3, 0.4) is 0 Å². The molecule has 0 atom stereocenters. The van der Waals surface area contributed by atoms with Crippen molar-refractivity contribution in [3.8, 4) is 0 Å². The normalized spacial score (nSPS) is 17.8. The summed E-state index contributed by atoms with van der Waals surface area (Å²) < 4.78 is 0. The second kappa shape index (κ2) is 9.23. The third-order valence-corrected chi connectivity index (χ3v) is 7.10. The average molecular weight is 410 g/mol. The van der Waals surface area contributed by atoms with E-state index in [0.717, 1.165) is 42.6 Å². The minimum Gasteiger partial charge on any atom is -0.370 e. The molecule has 0 radical (unpaired) electrons. The largest absolute Gasteiger partial charge is 0.370 e. The molecule has 0 bridgehead atoms. The number of anilines is 2. The monoisotopic (exact) mass is 409 g/mol. The Hall–Kier alpha value is -1.98. The van der Waals surface area contributed by atoms with Gasteiger partial charge in [-0.25, -0.2) is 0 Å². The lowest BCUT2D eigenvalue weighted by Crippen LogP contribution is -2.32. The number of hydrogen-bond acceptors (Lipinski definition) is 4. The highest BCUT2D eigenvalue weighted by molar-refractivity contribution is 7.99. The number of nitrogens with zero attached hydrogens (tertiary/aromatic N) is 2. The summed E-state index contributed by atoms with van der Waals surface area (Å²) in [5.41, 5.74) is 4.06. The van der Waals surface area contributed by atoms with Crippen molar-refractivity contribution < 1.29 is 4.79 Å². The van der Waals surface area contributed by atoms with Gasteiger partial charge < -0.3 is 10.2 Å². The van der Waals surface area contributed by atoms with Gasteiger partial charge in [0.15, 0.2) is 0 Å². The Morgan fingerprint density at radius 2 is 1.86 bits per heavy atom. The van der Waals surface area contributed by atoms with Crippen LogP contribution in [0.15, 0.2) is 47.4 Å². The van der Waals surface area contributed by atoms with E-state index < -0.39 is 0 Å². The number of likely N-dealkylation sites (tertiary alicyclic amines) is 1. The van der Waals surface area contributed by atoms with E-state index in [0.29, 0.717) is 0 Å². The number of amides is 1. The standard InChI is InChI=1S/C24H31N3OS/c1-3-27-14-15-29-23-9-6-20(16-22(23)27)24(28)25-21-7-4-19(5-8-21)17-26-12-10-18(2)11-13-26/h4-9,16,18H,3,10-15,17H2,1-2H3,(H,25,28). The molecule has 0 aromatic heterocycles. The maximum Gasteiger partial charge on any atom is 0.255 e. The highest BCUT2D eigenvalue weighted by Crippen LogP contribution is 2.35. The van der Waals surface area contributed by atoms with E-state index in [1.54, 1.807) is 0 Å². The molecule has 5 heteroatoms. The first kappa shape index (κ1) is 20.3. The molecule has 4 nitrogen and oxygen atoms in total. The van der Waals surface area contributed by atoms with Crippen molar-refractivity contribution in [2.45, 2.75) is 38.1 Å². The lowest BCUT2D eigenvalue weighted by molar-refractivity contribution is 0.102. The number of rotatable bonds is 5. The number of fused-ring (bicyclic) bond motifs is 1. The van der Waals surface area contributed by atoms with E-state index in [1.807, 2.05) is 36.0 Å². The van der Waals surface area contributed by atoms with Gasteiger partial charge in [-0.1, -0.05) is 19.1 Å². The molecule has 154 valence electrons. The summed E-state index contributed by atoms with van der Waals surface area (Å²) in [7, 11) is 0. The lowest BCUT2D eigenvalue weighted by atomic mass is 9.99. The van der Waals surface area contributed by atoms with Crippen LogP contribution in [0.5, 0.6) is 0 Å². The molecule has 0 spiro atoms. The molecule has 0 saturated carbocycles. The first-order chi connectivity index (χ1) is 14.1. The fourth-order valence-electron chi connectivity index (χ4n) is 4.12. The predicted octanol–water partition coefficient (Wildman–Crippen LogP) is 5.10. The number of carbonyl (C=O) groups excluding carboxylic acids is 1. The van der Waals surface area contributed by atoms with Crippen molar-refractivity contribution in [3.63, 3.8) is 0 Å². The summed E-state index contributed by atoms with van der Waals surface area (Å²) in [6.07, 6.45) is 2.59. The zero-order valence-corrected chi connectivity index (χ0v) is 18.3. The summed E-state index contributed by atoms with van der Waals surface area (Å²) in [6.45, 7) is 9.88. The van der Waals surface area contributed by atoms with Crippen molar-refractivity contribution in [1.29, 1.82) is 0 Å². The van der Waals surface area contributed by atoms with Gasteiger partial charge in [-0.05, 0) is 74.7 Å². The van der Waals surface area contributed by atoms with Crippen molar-refractivity contribution in [2.75, 3.05) is 42.1 Å². The summed E-state index contributed by atoms with van der Waals surface area (Å²) in [5.74, 6) is 1.92. The van der Waals surface area contributed by atoms with Gasteiger partial charge in [-0.15, -0.1) is 11.8 Å². The smallest absolute Gasteiger partial charge is 0.255 e. The van der Waals surface area contributed by atoms with Gasteiger partial charge in [0.05, 0.1) is 5.69 Å². The first-order valence-corrected chi connectivity index (χ1v) is 11.8. The third kappa shape index (κ3) is 4.96. The van der Waals surface area contributed by atoms with E-state index in [-0.39, 0.29) is 5.91 Å². The Labute approximate surface area is 178 Å². The topological polar surface area (TPSA) is 35.6 Å². The molecule has 2 aliphatic heterocycles. The van der Waals surface area contributed by atoms with Gasteiger partial charge in [0.25, 0.3) is 5.91 Å². The number of piperidine rings is 1. The fraction of sp³-hybridized carbons (Fsp3) is 0.458. The van der Waals surface area contributed by atoms with Gasteiger partial charge in [-0.3, -0.25) is 9.69 Å². The van der Waals surface area contributed by atoms with E-state index in [2.05, 4.69) is 47.2 Å². The van der Waals surface area contributed by atoms with Gasteiger partial charge in [0.2, 0.25) is 0 Å². The maximum atomic E-state index is 12.8. The molecule has 4 rings (SSSR count). The van der Waals surface area contributed by atoms with Gasteiger partial charge >= 0.3 is 0 Å². The van der Waals surface area contributed by atoms with Crippen LogP contribution in [0.2, 0.25) is 0 Å². The van der Waals surface area contributed by atoms with Crippen LogP contribution in [-0.4, -0.2) is 42.7 Å². The summed E-state index contributed by atoms with van der Waals surface area (Å²) in [5, 5.41) is 3.06. The minimum atomic E-state index is -0.0443. The molecule has 2 heterocycles. The summed E-state index contributed by atoms with van der Waals surface area (Å²) in [4.78, 5) is 18.9. The van der Waals surface area contributed by atoms with Crippen LogP contribution < -0.4 is 10.2 Å². The summed E-state index contributed by atoms with van der Waals surface area (Å²) in [6, 6.07) is 14.4. The molecule has 1 amide bonds. The minimum absolute atomic E-state index is 0.0443. The molecular weight excluding hydrogens is 378 g/mol. The Morgan fingerprint density at radius 3 is 2.59 bits per heavy atom. The Bertz CT molecular complexity index is 844. The quantitative estimate of drug-likeness (QED) is 0.745. The molecule has 1 fully saturated rings. The van der Waals surface area contributed by atoms with Crippen molar-refractivity contribution in [2.24, 2.45) is 5.92 Å². The number of hydrogen-bond donors (Lipinski definition) is 1. The Balaban J connectivity index is 1.38. The summed E-state index contributed by atoms with van der Waals surface area (Å²) >= 11 is 1.87. The molecule has 0 aliphatic carbocycles. The van der Waals surface area contributed by atoms with Gasteiger partial charge in [-0.2, -0.15) is 0 Å². The molecule has 29 heavy (non-hydrogen) atoms. The second-order valence-electron chi connectivity index (χ2n) is 8.22. The van der Waals surface area contributed by atoms with Crippen LogP contribution >= 0.6 is 11.8 Å². The van der Waals surface area contributed by atoms with Gasteiger partial charge in [0, 0.05) is 41.5 Å². The molecule has 1 N–H and O–H groups in total. The van der Waals surface area contributed by atoms with Crippen molar-refractivity contribution in [3.05, 3.63) is 53.6 Å². The van der Waals surface area contributed by atoms with Gasteiger partial charge in [0.1, 0.15) is 0 Å².